The van der Waals surface area contributed by atoms with Crippen molar-refractivity contribution in [1.29, 1.82) is 0 Å². The van der Waals surface area contributed by atoms with Gasteiger partial charge < -0.3 is 15.9 Å². The molecule has 0 spiro atoms. The Bertz CT molecular complexity index is 1160. The van der Waals surface area contributed by atoms with E-state index in [4.69, 9.17) is 10.6 Å². The third-order valence-corrected chi connectivity index (χ3v) is 7.78. The number of phenols is 1. The van der Waals surface area contributed by atoms with Crippen molar-refractivity contribution in [2.75, 3.05) is 27.7 Å². The minimum Gasteiger partial charge on any atom is -0.507 e. The second-order valence-corrected chi connectivity index (χ2v) is 10.1. The summed E-state index contributed by atoms with van der Waals surface area (Å²) in [6, 6.07) is 1.93. The van der Waals surface area contributed by atoms with E-state index in [-0.39, 0.29) is 24.2 Å². The van der Waals surface area contributed by atoms with Gasteiger partial charge in [-0.1, -0.05) is 6.07 Å². The van der Waals surface area contributed by atoms with Crippen molar-refractivity contribution in [3.63, 3.8) is 0 Å². The zero-order valence-corrected chi connectivity index (χ0v) is 20.7. The summed E-state index contributed by atoms with van der Waals surface area (Å²) in [6.45, 7) is 2.60. The monoisotopic (exact) mass is 501 g/mol. The van der Waals surface area contributed by atoms with Crippen LogP contribution in [0.4, 0.5) is 0 Å². The number of nitrogens with two attached hydrogens (primary N) is 1. The summed E-state index contributed by atoms with van der Waals surface area (Å²) in [7, 11) is 4.83. The van der Waals surface area contributed by atoms with E-state index in [9.17, 15) is 34.2 Å². The first-order valence-corrected chi connectivity index (χ1v) is 11.9. The van der Waals surface area contributed by atoms with Gasteiger partial charge >= 0.3 is 0 Å². The lowest BCUT2D eigenvalue weighted by Gasteiger charge is -2.52. The molecule has 4 N–H and O–H groups in total. The fourth-order valence-electron chi connectivity index (χ4n) is 6.32. The normalized spacial score (nSPS) is 31.9. The van der Waals surface area contributed by atoms with Crippen LogP contribution in [0.25, 0.3) is 0 Å². The number of aliphatic hydroxyl groups is 1. The van der Waals surface area contributed by atoms with Crippen LogP contribution in [0.2, 0.25) is 0 Å². The molecule has 0 aliphatic heterocycles. The van der Waals surface area contributed by atoms with Crippen LogP contribution in [0.5, 0.6) is 5.75 Å². The summed E-state index contributed by atoms with van der Waals surface area (Å²) >= 11 is 0. The molecule has 0 aromatic heterocycles. The van der Waals surface area contributed by atoms with Gasteiger partial charge in [-0.05, 0) is 57.0 Å². The largest absolute Gasteiger partial charge is 0.507 e. The first kappa shape index (κ1) is 26.1. The van der Waals surface area contributed by atoms with E-state index in [1.54, 1.807) is 32.3 Å². The number of rotatable bonds is 6. The van der Waals surface area contributed by atoms with E-state index in [0.29, 0.717) is 18.7 Å². The Hall–Kier alpha value is -2.99. The molecule has 11 heteroatoms. The number of aromatic hydroxyl groups is 1. The molecule has 0 heterocycles. The van der Waals surface area contributed by atoms with Crippen molar-refractivity contribution >= 4 is 29.0 Å². The van der Waals surface area contributed by atoms with Crippen LogP contribution in [-0.4, -0.2) is 88.6 Å². The number of hydroxylamine groups is 2. The van der Waals surface area contributed by atoms with Crippen LogP contribution < -0.4 is 5.73 Å². The molecule has 4 rings (SSSR count). The van der Waals surface area contributed by atoms with Crippen molar-refractivity contribution in [3.8, 4) is 5.75 Å². The highest BCUT2D eigenvalue weighted by Gasteiger charge is 2.69. The molecule has 194 valence electrons. The summed E-state index contributed by atoms with van der Waals surface area (Å²) in [4.78, 5) is 72.7. The van der Waals surface area contributed by atoms with Gasteiger partial charge in [-0.2, -0.15) is 5.06 Å². The number of ketones is 4. The molecule has 1 amide bonds. The Morgan fingerprint density at radius 2 is 1.83 bits per heavy atom. The van der Waals surface area contributed by atoms with Gasteiger partial charge in [-0.15, -0.1) is 0 Å². The maximum Gasteiger partial charge on any atom is 0.235 e. The Labute approximate surface area is 208 Å². The van der Waals surface area contributed by atoms with Crippen LogP contribution in [0.15, 0.2) is 12.1 Å². The smallest absolute Gasteiger partial charge is 0.235 e. The Morgan fingerprint density at radius 1 is 1.17 bits per heavy atom. The number of hydrogen-bond acceptors (Lipinski definition) is 10. The van der Waals surface area contributed by atoms with Gasteiger partial charge in [-0.3, -0.25) is 33.7 Å². The SMILES string of the molecule is CCON(C)Cc1ccc(O)c2c1C[C@H]1C[C@H]3[C@H](N(C)C)C(=O)C(C(N)=O)C(=O)[C@@]3(O)C(=O)C1C2=O. The maximum atomic E-state index is 13.8. The molecule has 1 aromatic rings. The molecular weight excluding hydrogens is 470 g/mol. The Kier molecular flexibility index (Phi) is 6.63. The maximum absolute atomic E-state index is 13.8. The predicted octanol–water partition coefficient (Wildman–Crippen LogP) is -0.750. The predicted molar refractivity (Wildman–Crippen MR) is 124 cm³/mol. The zero-order valence-electron chi connectivity index (χ0n) is 20.7. The number of amides is 1. The van der Waals surface area contributed by atoms with Crippen molar-refractivity contribution in [2.45, 2.75) is 38.0 Å². The van der Waals surface area contributed by atoms with Gasteiger partial charge in [0.2, 0.25) is 5.91 Å². The topological polar surface area (TPSA) is 168 Å². The molecule has 3 aliphatic rings. The molecule has 3 aliphatic carbocycles. The van der Waals surface area contributed by atoms with E-state index in [1.807, 2.05) is 6.92 Å². The van der Waals surface area contributed by atoms with E-state index < -0.39 is 64.4 Å². The van der Waals surface area contributed by atoms with Crippen LogP contribution >= 0.6 is 0 Å². The average Bonchev–Trinajstić information content (AvgIpc) is 2.78. The van der Waals surface area contributed by atoms with Gasteiger partial charge in [0, 0.05) is 19.5 Å². The van der Waals surface area contributed by atoms with Crippen molar-refractivity contribution in [1.82, 2.24) is 9.96 Å². The number of carbonyl (C=O) groups is 5. The number of carbonyl (C=O) groups excluding carboxylic acids is 5. The fourth-order valence-corrected chi connectivity index (χ4v) is 6.32. The molecule has 0 saturated heterocycles. The van der Waals surface area contributed by atoms with Gasteiger partial charge in [0.05, 0.1) is 24.1 Å². The molecule has 6 atom stereocenters. The lowest BCUT2D eigenvalue weighted by atomic mass is 9.52. The number of phenolic OH excluding ortho intramolecular Hbond substituents is 1. The number of hydrogen-bond donors (Lipinski definition) is 3. The highest BCUT2D eigenvalue weighted by atomic mass is 16.7. The van der Waals surface area contributed by atoms with Gasteiger partial charge in [-0.25, -0.2) is 0 Å². The van der Waals surface area contributed by atoms with Gasteiger partial charge in [0.1, 0.15) is 5.75 Å². The summed E-state index contributed by atoms with van der Waals surface area (Å²) < 4.78 is 0. The number of fused-ring (bicyclic) bond motifs is 3. The highest BCUT2D eigenvalue weighted by Crippen LogP contribution is 2.51. The fraction of sp³-hybridized carbons (Fsp3) is 0.560. The third kappa shape index (κ3) is 3.69. The van der Waals surface area contributed by atoms with Crippen LogP contribution in [0, 0.1) is 23.7 Å². The summed E-state index contributed by atoms with van der Waals surface area (Å²) in [5, 5.41) is 23.7. The molecule has 11 nitrogen and oxygen atoms in total. The summed E-state index contributed by atoms with van der Waals surface area (Å²) in [6.07, 6.45) is 0.232. The molecule has 1 aromatic carbocycles. The number of likely N-dealkylation sites (N-methyl/N-ethyl adjacent to an activating group) is 1. The lowest BCUT2D eigenvalue weighted by Crippen LogP contribution is -2.74. The second kappa shape index (κ2) is 9.15. The molecule has 0 bridgehead atoms. The zero-order chi connectivity index (χ0) is 26.7. The summed E-state index contributed by atoms with van der Waals surface area (Å²) in [5.41, 5.74) is 3.87. The highest BCUT2D eigenvalue weighted by molar-refractivity contribution is 6.32. The molecule has 2 fully saturated rings. The molecule has 2 unspecified atom stereocenters. The minimum atomic E-state index is -2.72. The molecule has 36 heavy (non-hydrogen) atoms. The molecular formula is C25H31N3O8. The van der Waals surface area contributed by atoms with Gasteiger partial charge in [0.25, 0.3) is 0 Å². The lowest BCUT2D eigenvalue weighted by molar-refractivity contribution is -0.181. The summed E-state index contributed by atoms with van der Waals surface area (Å²) in [5.74, 6) is -10.5. The van der Waals surface area contributed by atoms with Crippen LogP contribution in [0.3, 0.4) is 0 Å². The molecule has 0 radical (unpaired) electrons. The average molecular weight is 502 g/mol. The minimum absolute atomic E-state index is 0.0142. The Balaban J connectivity index is 1.82. The molecule has 2 saturated carbocycles. The standard InChI is InChI=1S/C25H31N3O8/c1-5-36-28(4)10-11-6-7-15(29)17-13(11)8-12-9-14-19(27(2)3)21(31)18(24(26)34)23(33)25(14,35)22(32)16(12)20(17)30/h6-7,12,14,16,18-19,29,35H,5,8-10H2,1-4H3,(H2,26,34)/t12-,14-,16?,18?,19-,25-/m0/s1. The van der Waals surface area contributed by atoms with Crippen LogP contribution in [0.1, 0.15) is 34.8 Å². The quantitative estimate of drug-likeness (QED) is 0.333. The second-order valence-electron chi connectivity index (χ2n) is 10.1. The number of primary amides is 1. The first-order chi connectivity index (χ1) is 16.9. The van der Waals surface area contributed by atoms with Crippen molar-refractivity contribution < 1.29 is 39.0 Å². The van der Waals surface area contributed by atoms with E-state index in [0.717, 1.165) is 5.56 Å². The van der Waals surface area contributed by atoms with Gasteiger partial charge in [0.15, 0.2) is 34.7 Å². The number of nitrogens with zero attached hydrogens (tertiary/aromatic N) is 2. The third-order valence-electron chi connectivity index (χ3n) is 7.78. The number of benzene rings is 1. The van der Waals surface area contributed by atoms with E-state index in [2.05, 4.69) is 0 Å². The Morgan fingerprint density at radius 3 is 2.42 bits per heavy atom. The van der Waals surface area contributed by atoms with E-state index in [1.165, 1.54) is 11.0 Å². The van der Waals surface area contributed by atoms with Crippen molar-refractivity contribution in [3.05, 3.63) is 28.8 Å². The first-order valence-electron chi connectivity index (χ1n) is 11.9. The van der Waals surface area contributed by atoms with Crippen LogP contribution in [-0.2, 0) is 37.0 Å². The van der Waals surface area contributed by atoms with E-state index >= 15 is 0 Å². The van der Waals surface area contributed by atoms with Crippen molar-refractivity contribution in [2.24, 2.45) is 29.4 Å². The number of Topliss-reactive ketones (excluding diaryl/α,β-unsaturated/α-hetero) is 4.